The number of aromatic nitrogens is 1. The van der Waals surface area contributed by atoms with Crippen molar-refractivity contribution in [2.24, 2.45) is 0 Å². The number of hydrogen-bond acceptors (Lipinski definition) is 8. The van der Waals surface area contributed by atoms with Gasteiger partial charge in [-0.1, -0.05) is 36.4 Å². The molecule has 0 spiro atoms. The van der Waals surface area contributed by atoms with Gasteiger partial charge in [0.25, 0.3) is 0 Å². The Kier molecular flexibility index (Phi) is 10.8. The zero-order chi connectivity index (χ0) is 24.8. The summed E-state index contributed by atoms with van der Waals surface area (Å²) in [6, 6.07) is 14.6. The van der Waals surface area contributed by atoms with E-state index < -0.39 is 37.4 Å². The van der Waals surface area contributed by atoms with E-state index in [1.165, 1.54) is 11.9 Å². The molecule has 0 radical (unpaired) electrons. The normalized spacial score (nSPS) is 10.1. The third kappa shape index (κ3) is 9.98. The van der Waals surface area contributed by atoms with E-state index in [0.717, 1.165) is 16.2 Å². The molecule has 0 unspecified atom stereocenters. The first kappa shape index (κ1) is 26.1. The van der Waals surface area contributed by atoms with E-state index in [2.05, 4.69) is 10.3 Å². The summed E-state index contributed by atoms with van der Waals surface area (Å²) in [5.74, 6) is -1.38. The van der Waals surface area contributed by atoms with Crippen molar-refractivity contribution in [1.29, 1.82) is 0 Å². The van der Waals surface area contributed by atoms with Crippen molar-refractivity contribution in [1.82, 2.24) is 20.1 Å². The van der Waals surface area contributed by atoms with Crippen LogP contribution in [0.15, 0.2) is 54.7 Å². The average Bonchev–Trinajstić information content (AvgIpc) is 2.85. The Morgan fingerprint density at radius 2 is 1.59 bits per heavy atom. The van der Waals surface area contributed by atoms with Gasteiger partial charge in [-0.05, 0) is 17.7 Å². The highest BCUT2D eigenvalue weighted by Crippen LogP contribution is 2.02. The van der Waals surface area contributed by atoms with Gasteiger partial charge >= 0.3 is 18.2 Å². The molecule has 0 aliphatic heterocycles. The molecule has 0 saturated carbocycles. The van der Waals surface area contributed by atoms with E-state index in [4.69, 9.17) is 14.2 Å². The summed E-state index contributed by atoms with van der Waals surface area (Å²) in [6.07, 6.45) is 0.873. The van der Waals surface area contributed by atoms with Gasteiger partial charge in [0.2, 0.25) is 12.7 Å². The van der Waals surface area contributed by atoms with Gasteiger partial charge in [-0.15, -0.1) is 0 Å². The van der Waals surface area contributed by atoms with Crippen LogP contribution >= 0.6 is 0 Å². The Hall–Kier alpha value is -4.15. The van der Waals surface area contributed by atoms with Gasteiger partial charge in [0.05, 0.1) is 0 Å². The lowest BCUT2D eigenvalue weighted by molar-refractivity contribution is -0.152. The lowest BCUT2D eigenvalue weighted by Gasteiger charge is -2.17. The van der Waals surface area contributed by atoms with Crippen LogP contribution in [0.25, 0.3) is 0 Å². The maximum atomic E-state index is 12.0. The van der Waals surface area contributed by atoms with Crippen molar-refractivity contribution < 1.29 is 33.4 Å². The number of pyridine rings is 1. The van der Waals surface area contributed by atoms with E-state index in [9.17, 15) is 19.2 Å². The lowest BCUT2D eigenvalue weighted by Crippen LogP contribution is -2.40. The number of amides is 3. The quantitative estimate of drug-likeness (QED) is 0.386. The standard InChI is InChI=1S/C23H28N4O7/c1-26(13-11-19-10-6-7-12-24-19)22(30)34-17-33-21(29)14-25-20(28)15-27(2)23(31)32-16-18-8-4-3-5-9-18/h3-10,12H,11,13-17H2,1-2H3,(H,25,28). The van der Waals surface area contributed by atoms with Crippen LogP contribution in [-0.2, 0) is 36.8 Å². The molecule has 1 aromatic heterocycles. The Balaban J connectivity index is 1.56. The number of rotatable bonds is 11. The van der Waals surface area contributed by atoms with Gasteiger partial charge in [0.1, 0.15) is 19.7 Å². The largest absolute Gasteiger partial charge is 0.445 e. The second-order valence-corrected chi connectivity index (χ2v) is 7.21. The molecule has 0 aliphatic carbocycles. The van der Waals surface area contributed by atoms with E-state index in [-0.39, 0.29) is 13.2 Å². The molecular formula is C23H28N4O7. The molecule has 0 aliphatic rings. The summed E-state index contributed by atoms with van der Waals surface area (Å²) < 4.78 is 14.8. The first-order valence-corrected chi connectivity index (χ1v) is 10.5. The number of benzene rings is 1. The Morgan fingerprint density at radius 3 is 2.29 bits per heavy atom. The van der Waals surface area contributed by atoms with Gasteiger partial charge in [0.15, 0.2) is 0 Å². The fourth-order valence-electron chi connectivity index (χ4n) is 2.56. The minimum absolute atomic E-state index is 0.0784. The number of carbonyl (C=O) groups is 4. The zero-order valence-corrected chi connectivity index (χ0v) is 19.1. The number of esters is 1. The van der Waals surface area contributed by atoms with Crippen molar-refractivity contribution in [3.8, 4) is 0 Å². The highest BCUT2D eigenvalue weighted by Gasteiger charge is 2.16. The van der Waals surface area contributed by atoms with E-state index in [0.29, 0.717) is 13.0 Å². The fraction of sp³-hybridized carbons (Fsp3) is 0.348. The summed E-state index contributed by atoms with van der Waals surface area (Å²) in [5.41, 5.74) is 1.65. The van der Waals surface area contributed by atoms with Gasteiger partial charge in [-0.3, -0.25) is 14.6 Å². The number of ether oxygens (including phenoxy) is 3. The number of nitrogens with zero attached hydrogens (tertiary/aromatic N) is 3. The predicted molar refractivity (Wildman–Crippen MR) is 120 cm³/mol. The van der Waals surface area contributed by atoms with Crippen LogP contribution in [-0.4, -0.2) is 79.4 Å². The number of nitrogens with one attached hydrogen (secondary N) is 1. The first-order chi connectivity index (χ1) is 16.3. The predicted octanol–water partition coefficient (Wildman–Crippen LogP) is 1.58. The fourth-order valence-corrected chi connectivity index (χ4v) is 2.56. The molecule has 2 aromatic rings. The van der Waals surface area contributed by atoms with Crippen molar-refractivity contribution in [3.05, 3.63) is 66.0 Å². The zero-order valence-electron chi connectivity index (χ0n) is 19.1. The molecule has 11 heteroatoms. The molecule has 2 rings (SSSR count). The minimum atomic E-state index is -0.799. The number of hydrogen-bond donors (Lipinski definition) is 1. The van der Waals surface area contributed by atoms with Crippen LogP contribution < -0.4 is 5.32 Å². The minimum Gasteiger partial charge on any atom is -0.445 e. The lowest BCUT2D eigenvalue weighted by atomic mass is 10.2. The summed E-state index contributed by atoms with van der Waals surface area (Å²) in [5, 5.41) is 2.32. The second kappa shape index (κ2) is 14.1. The highest BCUT2D eigenvalue weighted by molar-refractivity contribution is 5.85. The second-order valence-electron chi connectivity index (χ2n) is 7.21. The van der Waals surface area contributed by atoms with Crippen LogP contribution in [0.5, 0.6) is 0 Å². The van der Waals surface area contributed by atoms with Crippen LogP contribution in [0.3, 0.4) is 0 Å². The summed E-state index contributed by atoms with van der Waals surface area (Å²) >= 11 is 0. The van der Waals surface area contributed by atoms with Gasteiger partial charge in [0, 0.05) is 39.0 Å². The highest BCUT2D eigenvalue weighted by atomic mass is 16.7. The van der Waals surface area contributed by atoms with Gasteiger partial charge in [-0.2, -0.15) is 0 Å². The number of carbonyl (C=O) groups excluding carboxylic acids is 4. The van der Waals surface area contributed by atoms with E-state index in [1.54, 1.807) is 19.3 Å². The molecule has 182 valence electrons. The molecule has 1 heterocycles. The molecule has 11 nitrogen and oxygen atoms in total. The molecule has 1 aromatic carbocycles. The Bertz CT molecular complexity index is 941. The summed E-state index contributed by atoms with van der Waals surface area (Å²) in [4.78, 5) is 54.1. The summed E-state index contributed by atoms with van der Waals surface area (Å²) in [6.45, 7) is -0.890. The molecule has 34 heavy (non-hydrogen) atoms. The monoisotopic (exact) mass is 472 g/mol. The van der Waals surface area contributed by atoms with Crippen molar-refractivity contribution in [2.75, 3.05) is 40.5 Å². The maximum absolute atomic E-state index is 12.0. The van der Waals surface area contributed by atoms with Crippen molar-refractivity contribution >= 4 is 24.1 Å². The molecule has 3 amide bonds. The van der Waals surface area contributed by atoms with E-state index in [1.807, 2.05) is 42.5 Å². The smallest absolute Gasteiger partial charge is 0.412 e. The Morgan fingerprint density at radius 1 is 0.882 bits per heavy atom. The van der Waals surface area contributed by atoms with Gasteiger partial charge in [-0.25, -0.2) is 9.59 Å². The molecule has 0 fully saturated rings. The maximum Gasteiger partial charge on any atom is 0.412 e. The molecule has 0 atom stereocenters. The third-order valence-corrected chi connectivity index (χ3v) is 4.47. The van der Waals surface area contributed by atoms with Crippen molar-refractivity contribution in [3.63, 3.8) is 0 Å². The average molecular weight is 472 g/mol. The molecule has 1 N–H and O–H groups in total. The van der Waals surface area contributed by atoms with Crippen LogP contribution in [0.1, 0.15) is 11.3 Å². The molecular weight excluding hydrogens is 444 g/mol. The third-order valence-electron chi connectivity index (χ3n) is 4.47. The van der Waals surface area contributed by atoms with Gasteiger partial charge < -0.3 is 29.3 Å². The molecule has 0 saturated heterocycles. The topological polar surface area (TPSA) is 127 Å². The van der Waals surface area contributed by atoms with E-state index >= 15 is 0 Å². The summed E-state index contributed by atoms with van der Waals surface area (Å²) in [7, 11) is 2.95. The SMILES string of the molecule is CN(CCc1ccccn1)C(=O)OCOC(=O)CNC(=O)CN(C)C(=O)OCc1ccccc1. The number of likely N-dealkylation sites (N-methyl/N-ethyl adjacent to an activating group) is 2. The molecule has 0 bridgehead atoms. The first-order valence-electron chi connectivity index (χ1n) is 10.5. The Labute approximate surface area is 197 Å². The van der Waals surface area contributed by atoms with Crippen LogP contribution in [0.2, 0.25) is 0 Å². The van der Waals surface area contributed by atoms with Crippen LogP contribution in [0, 0.1) is 0 Å². The van der Waals surface area contributed by atoms with Crippen molar-refractivity contribution in [2.45, 2.75) is 13.0 Å². The van der Waals surface area contributed by atoms with Crippen LogP contribution in [0.4, 0.5) is 9.59 Å².